The summed E-state index contributed by atoms with van der Waals surface area (Å²) in [6.07, 6.45) is 3.19. The number of esters is 1. The van der Waals surface area contributed by atoms with Gasteiger partial charge >= 0.3 is 5.97 Å². The SMILES string of the molecule is C=CCOc1ccc([C@@H]2C(C(=O)OCC)=C(C)N=c3s/c(=C/c4ccc(-c5cc(Cl)c([N+](=O)[O-])cc5Cl)o4)c(=O)n32)cc1. The van der Waals surface area contributed by atoms with Crippen LogP contribution < -0.4 is 19.6 Å². The fourth-order valence-corrected chi connectivity index (χ4v) is 6.09. The monoisotopic (exact) mass is 639 g/mol. The number of benzene rings is 2. The molecule has 13 heteroatoms. The van der Waals surface area contributed by atoms with E-state index < -0.39 is 16.9 Å². The predicted molar refractivity (Wildman–Crippen MR) is 163 cm³/mol. The van der Waals surface area contributed by atoms with E-state index >= 15 is 0 Å². The van der Waals surface area contributed by atoms with Crippen molar-refractivity contribution in [3.63, 3.8) is 0 Å². The summed E-state index contributed by atoms with van der Waals surface area (Å²) in [5.74, 6) is 0.673. The Hall–Kier alpha value is -4.45. The van der Waals surface area contributed by atoms with Gasteiger partial charge in [0.05, 0.1) is 38.4 Å². The van der Waals surface area contributed by atoms with Crippen LogP contribution in [-0.2, 0) is 9.53 Å². The van der Waals surface area contributed by atoms with E-state index in [2.05, 4.69) is 11.6 Å². The number of hydrogen-bond acceptors (Lipinski definition) is 9. The van der Waals surface area contributed by atoms with Crippen LogP contribution in [0.1, 0.15) is 31.2 Å². The van der Waals surface area contributed by atoms with E-state index in [1.807, 2.05) is 0 Å². The number of hydrogen-bond donors (Lipinski definition) is 0. The van der Waals surface area contributed by atoms with Crippen molar-refractivity contribution in [2.75, 3.05) is 13.2 Å². The first-order valence-corrected chi connectivity index (χ1v) is 14.5. The number of fused-ring (bicyclic) bond motifs is 1. The fourth-order valence-electron chi connectivity index (χ4n) is 4.58. The normalized spacial score (nSPS) is 14.7. The van der Waals surface area contributed by atoms with Crippen molar-refractivity contribution in [3.8, 4) is 17.1 Å². The minimum absolute atomic E-state index is 0.0826. The number of ether oxygens (including phenoxy) is 2. The van der Waals surface area contributed by atoms with E-state index in [0.29, 0.717) is 50.0 Å². The molecule has 0 radical (unpaired) electrons. The summed E-state index contributed by atoms with van der Waals surface area (Å²) in [4.78, 5) is 42.5. The van der Waals surface area contributed by atoms with Crippen LogP contribution in [0.15, 0.2) is 86.7 Å². The highest BCUT2D eigenvalue weighted by atomic mass is 35.5. The number of allylic oxidation sites excluding steroid dienone is 1. The molecule has 220 valence electrons. The summed E-state index contributed by atoms with van der Waals surface area (Å²) in [6.45, 7) is 7.55. The van der Waals surface area contributed by atoms with E-state index in [4.69, 9.17) is 37.1 Å². The number of furan rings is 1. The molecular weight excluding hydrogens is 617 g/mol. The molecular formula is C30H23Cl2N3O7S. The lowest BCUT2D eigenvalue weighted by molar-refractivity contribution is -0.384. The van der Waals surface area contributed by atoms with Crippen LogP contribution in [0, 0.1) is 10.1 Å². The zero-order chi connectivity index (χ0) is 30.8. The summed E-state index contributed by atoms with van der Waals surface area (Å²) in [7, 11) is 0. The Bertz CT molecular complexity index is 1970. The molecule has 1 aliphatic heterocycles. The Balaban J connectivity index is 1.59. The van der Waals surface area contributed by atoms with Gasteiger partial charge in [0.1, 0.15) is 28.9 Å². The van der Waals surface area contributed by atoms with Gasteiger partial charge < -0.3 is 13.9 Å². The van der Waals surface area contributed by atoms with E-state index in [0.717, 1.165) is 17.4 Å². The Labute approximate surface area is 258 Å². The van der Waals surface area contributed by atoms with E-state index in [9.17, 15) is 19.7 Å². The van der Waals surface area contributed by atoms with Gasteiger partial charge in [-0.15, -0.1) is 0 Å². The number of nitrogens with zero attached hydrogens (tertiary/aromatic N) is 3. The van der Waals surface area contributed by atoms with Crippen LogP contribution in [0.4, 0.5) is 5.69 Å². The standard InChI is InChI=1S/C30H23Cl2N3O7S/c1-4-12-41-18-8-6-17(7-9-18)27-26(29(37)40-5-2)16(3)33-30-34(27)28(36)25(43-30)13-19-10-11-24(42-19)20-14-22(32)23(35(38)39)15-21(20)31/h4,6-11,13-15,27H,1,5,12H2,2-3H3/b25-13+/t27-/m1/s1. The maximum atomic E-state index is 13.8. The van der Waals surface area contributed by atoms with Gasteiger partial charge in [-0.2, -0.15) is 0 Å². The molecule has 5 rings (SSSR count). The Morgan fingerprint density at radius 1 is 1.21 bits per heavy atom. The highest BCUT2D eigenvalue weighted by Crippen LogP contribution is 2.37. The summed E-state index contributed by atoms with van der Waals surface area (Å²) < 4.78 is 18.6. The lowest BCUT2D eigenvalue weighted by Crippen LogP contribution is -2.39. The number of halogens is 2. The molecule has 0 fully saturated rings. The second-order valence-corrected chi connectivity index (χ2v) is 11.0. The van der Waals surface area contributed by atoms with Crippen molar-refractivity contribution < 1.29 is 23.6 Å². The van der Waals surface area contributed by atoms with Crippen molar-refractivity contribution in [1.82, 2.24) is 4.57 Å². The van der Waals surface area contributed by atoms with Crippen LogP contribution in [0.5, 0.6) is 5.75 Å². The van der Waals surface area contributed by atoms with Gasteiger partial charge in [-0.1, -0.05) is 59.3 Å². The summed E-state index contributed by atoms with van der Waals surface area (Å²) >= 11 is 13.5. The highest BCUT2D eigenvalue weighted by Gasteiger charge is 2.33. The number of carbonyl (C=O) groups is 1. The van der Waals surface area contributed by atoms with Crippen LogP contribution in [0.25, 0.3) is 17.4 Å². The molecule has 0 N–H and O–H groups in total. The number of nitro groups is 1. The molecule has 3 heterocycles. The van der Waals surface area contributed by atoms with Crippen LogP contribution in [-0.4, -0.2) is 28.7 Å². The minimum Gasteiger partial charge on any atom is -0.490 e. The van der Waals surface area contributed by atoms with Gasteiger partial charge in [0.25, 0.3) is 11.2 Å². The van der Waals surface area contributed by atoms with Crippen molar-refractivity contribution in [2.45, 2.75) is 19.9 Å². The average Bonchev–Trinajstić information content (AvgIpc) is 3.56. The van der Waals surface area contributed by atoms with E-state index in [-0.39, 0.29) is 33.5 Å². The van der Waals surface area contributed by atoms with Crippen molar-refractivity contribution in [1.29, 1.82) is 0 Å². The third-order valence-corrected chi connectivity index (χ3v) is 8.08. The molecule has 0 bridgehead atoms. The first kappa shape index (κ1) is 30.0. The molecule has 2 aromatic heterocycles. The van der Waals surface area contributed by atoms with Crippen molar-refractivity contribution in [3.05, 3.63) is 124 Å². The smallest absolute Gasteiger partial charge is 0.338 e. The summed E-state index contributed by atoms with van der Waals surface area (Å²) in [5.41, 5.74) is 1.01. The van der Waals surface area contributed by atoms with Crippen LogP contribution >= 0.6 is 34.5 Å². The van der Waals surface area contributed by atoms with Gasteiger partial charge in [-0.05, 0) is 49.7 Å². The molecule has 4 aromatic rings. The maximum absolute atomic E-state index is 13.8. The second-order valence-electron chi connectivity index (χ2n) is 9.21. The highest BCUT2D eigenvalue weighted by molar-refractivity contribution is 7.07. The minimum atomic E-state index is -0.792. The third kappa shape index (κ3) is 5.92. The third-order valence-electron chi connectivity index (χ3n) is 6.48. The first-order chi connectivity index (χ1) is 20.6. The largest absolute Gasteiger partial charge is 0.490 e. The van der Waals surface area contributed by atoms with Crippen LogP contribution in [0.2, 0.25) is 10.0 Å². The van der Waals surface area contributed by atoms with Gasteiger partial charge in [0.2, 0.25) is 0 Å². The summed E-state index contributed by atoms with van der Waals surface area (Å²) in [5, 5.41) is 11.2. The lowest BCUT2D eigenvalue weighted by Gasteiger charge is -2.24. The Morgan fingerprint density at radius 3 is 2.63 bits per heavy atom. The molecule has 0 saturated heterocycles. The number of rotatable bonds is 9. The van der Waals surface area contributed by atoms with E-state index in [1.165, 1.54) is 10.6 Å². The summed E-state index contributed by atoms with van der Waals surface area (Å²) in [6, 6.07) is 12.1. The number of carbonyl (C=O) groups excluding carboxylic acids is 1. The van der Waals surface area contributed by atoms with Gasteiger partial charge in [-0.25, -0.2) is 9.79 Å². The molecule has 0 spiro atoms. The van der Waals surface area contributed by atoms with Crippen molar-refractivity contribution >= 4 is 52.3 Å². The maximum Gasteiger partial charge on any atom is 0.338 e. The van der Waals surface area contributed by atoms with Crippen molar-refractivity contribution in [2.24, 2.45) is 4.99 Å². The topological polar surface area (TPSA) is 126 Å². The van der Waals surface area contributed by atoms with Crippen LogP contribution in [0.3, 0.4) is 0 Å². The van der Waals surface area contributed by atoms with Gasteiger partial charge in [0, 0.05) is 17.7 Å². The first-order valence-electron chi connectivity index (χ1n) is 12.9. The molecule has 43 heavy (non-hydrogen) atoms. The number of thiazole rings is 1. The zero-order valence-electron chi connectivity index (χ0n) is 22.8. The molecule has 0 aliphatic carbocycles. The average molecular weight is 641 g/mol. The Kier molecular flexibility index (Phi) is 8.67. The molecule has 0 unspecified atom stereocenters. The Morgan fingerprint density at radius 2 is 1.95 bits per heavy atom. The fraction of sp³-hybridized carbons (Fsp3) is 0.167. The molecule has 10 nitrogen and oxygen atoms in total. The number of nitro benzene ring substituents is 1. The molecule has 1 aliphatic rings. The van der Waals surface area contributed by atoms with Gasteiger partial charge in [0.15, 0.2) is 4.80 Å². The molecule has 2 aromatic carbocycles. The molecule has 1 atom stereocenters. The number of aromatic nitrogens is 1. The predicted octanol–water partition coefficient (Wildman–Crippen LogP) is 5.84. The van der Waals surface area contributed by atoms with Gasteiger partial charge in [-0.3, -0.25) is 19.5 Å². The molecule has 0 amide bonds. The lowest BCUT2D eigenvalue weighted by atomic mass is 9.96. The second kappa shape index (κ2) is 12.4. The quantitative estimate of drug-likeness (QED) is 0.0974. The zero-order valence-corrected chi connectivity index (χ0v) is 25.2. The van der Waals surface area contributed by atoms with E-state index in [1.54, 1.807) is 62.4 Å². The molecule has 0 saturated carbocycles.